The summed E-state index contributed by atoms with van der Waals surface area (Å²) in [5.41, 5.74) is 0.413. The maximum Gasteiger partial charge on any atom is 0.338 e. The van der Waals surface area contributed by atoms with Gasteiger partial charge >= 0.3 is 5.97 Å². The molecule has 1 aromatic carbocycles. The molecule has 0 aliphatic carbocycles. The number of hydrogen-bond donors (Lipinski definition) is 1. The lowest BCUT2D eigenvalue weighted by molar-refractivity contribution is -0.164. The third-order valence-corrected chi connectivity index (χ3v) is 2.60. The molecule has 2 rings (SSSR count). The molecular formula is C14H16N2O4. The zero-order valence-corrected chi connectivity index (χ0v) is 11.6. The molecule has 20 heavy (non-hydrogen) atoms. The Morgan fingerprint density at radius 2 is 2.00 bits per heavy atom. The Balaban J connectivity index is 2.03. The van der Waals surface area contributed by atoms with Crippen LogP contribution in [0.4, 0.5) is 0 Å². The van der Waals surface area contributed by atoms with Gasteiger partial charge in [-0.25, -0.2) is 4.79 Å². The molecule has 106 valence electrons. The van der Waals surface area contributed by atoms with Gasteiger partial charge in [0.1, 0.15) is 0 Å². The number of benzene rings is 1. The maximum atomic E-state index is 11.4. The minimum absolute atomic E-state index is 0.165. The molecule has 0 aliphatic rings. The number of esters is 1. The number of aliphatic hydroxyl groups is 1. The van der Waals surface area contributed by atoms with Crippen LogP contribution in [-0.2, 0) is 16.1 Å². The highest BCUT2D eigenvalue weighted by molar-refractivity contribution is 5.78. The van der Waals surface area contributed by atoms with Gasteiger partial charge in [-0.3, -0.25) is 0 Å². The van der Waals surface area contributed by atoms with E-state index in [0.29, 0.717) is 5.82 Å². The van der Waals surface area contributed by atoms with Crippen molar-refractivity contribution in [3.05, 3.63) is 35.7 Å². The molecule has 1 N–H and O–H groups in total. The predicted molar refractivity (Wildman–Crippen MR) is 70.6 cm³/mol. The Morgan fingerprint density at radius 3 is 2.60 bits per heavy atom. The van der Waals surface area contributed by atoms with Crippen LogP contribution in [0.25, 0.3) is 11.4 Å². The van der Waals surface area contributed by atoms with E-state index < -0.39 is 11.6 Å². The number of aromatic nitrogens is 2. The second kappa shape index (κ2) is 5.42. The first kappa shape index (κ1) is 14.2. The Hall–Kier alpha value is -2.21. The van der Waals surface area contributed by atoms with Gasteiger partial charge < -0.3 is 14.4 Å². The van der Waals surface area contributed by atoms with Gasteiger partial charge in [0.15, 0.2) is 12.2 Å². The average molecular weight is 276 g/mol. The van der Waals surface area contributed by atoms with Crippen molar-refractivity contribution in [2.24, 2.45) is 0 Å². The van der Waals surface area contributed by atoms with E-state index in [1.165, 1.54) is 13.8 Å². The van der Waals surface area contributed by atoms with Gasteiger partial charge in [0, 0.05) is 5.56 Å². The van der Waals surface area contributed by atoms with E-state index >= 15 is 0 Å². The molecule has 1 aromatic heterocycles. The Kier molecular flexibility index (Phi) is 3.85. The number of carbonyl (C=O) groups excluding carboxylic acids is 1. The molecule has 0 saturated carbocycles. The van der Waals surface area contributed by atoms with E-state index in [9.17, 15) is 9.90 Å². The van der Waals surface area contributed by atoms with E-state index in [2.05, 4.69) is 10.1 Å². The molecule has 2 aromatic rings. The van der Waals surface area contributed by atoms with Crippen molar-refractivity contribution in [1.82, 2.24) is 10.1 Å². The van der Waals surface area contributed by atoms with E-state index in [1.54, 1.807) is 0 Å². The van der Waals surface area contributed by atoms with Gasteiger partial charge in [-0.1, -0.05) is 35.0 Å². The molecule has 1 heterocycles. The highest BCUT2D eigenvalue weighted by Crippen LogP contribution is 2.17. The molecule has 0 atom stereocenters. The van der Waals surface area contributed by atoms with Crippen LogP contribution in [0.1, 0.15) is 25.3 Å². The highest BCUT2D eigenvalue weighted by atomic mass is 16.6. The highest BCUT2D eigenvalue weighted by Gasteiger charge is 2.26. The number of nitrogens with zero attached hydrogens (tertiary/aromatic N) is 2. The fourth-order valence-electron chi connectivity index (χ4n) is 1.44. The molecule has 0 bridgehead atoms. The van der Waals surface area contributed by atoms with Crippen LogP contribution in [0.5, 0.6) is 0 Å². The van der Waals surface area contributed by atoms with Crippen LogP contribution in [0.2, 0.25) is 0 Å². The van der Waals surface area contributed by atoms with Gasteiger partial charge in [-0.2, -0.15) is 4.98 Å². The third kappa shape index (κ3) is 3.42. The SMILES string of the molecule is Cc1ccc(-c2noc(COC(=O)C(C)(C)O)n2)cc1. The van der Waals surface area contributed by atoms with Crippen LogP contribution in [0, 0.1) is 6.92 Å². The lowest BCUT2D eigenvalue weighted by Crippen LogP contribution is -2.32. The molecule has 6 nitrogen and oxygen atoms in total. The van der Waals surface area contributed by atoms with Gasteiger partial charge in [-0.05, 0) is 20.8 Å². The van der Waals surface area contributed by atoms with Crippen LogP contribution in [-0.4, -0.2) is 26.8 Å². The van der Waals surface area contributed by atoms with Crippen molar-refractivity contribution in [1.29, 1.82) is 0 Å². The van der Waals surface area contributed by atoms with Crippen LogP contribution in [0.3, 0.4) is 0 Å². The molecule has 0 aliphatic heterocycles. The minimum atomic E-state index is -1.54. The lowest BCUT2D eigenvalue weighted by atomic mass is 10.1. The van der Waals surface area contributed by atoms with Gasteiger partial charge in [0.25, 0.3) is 5.89 Å². The molecule has 0 fully saturated rings. The Bertz CT molecular complexity index is 596. The van der Waals surface area contributed by atoms with Gasteiger partial charge in [0.2, 0.25) is 5.82 Å². The lowest BCUT2D eigenvalue weighted by Gasteiger charge is -2.14. The largest absolute Gasteiger partial charge is 0.453 e. The fourth-order valence-corrected chi connectivity index (χ4v) is 1.44. The summed E-state index contributed by atoms with van der Waals surface area (Å²) in [6.07, 6.45) is 0. The molecule has 6 heteroatoms. The third-order valence-electron chi connectivity index (χ3n) is 2.60. The summed E-state index contributed by atoms with van der Waals surface area (Å²) in [6, 6.07) is 7.65. The summed E-state index contributed by atoms with van der Waals surface area (Å²) in [5, 5.41) is 13.2. The molecule has 0 spiro atoms. The summed E-state index contributed by atoms with van der Waals surface area (Å²) in [5.74, 6) is -0.134. The van der Waals surface area contributed by atoms with Crippen LogP contribution >= 0.6 is 0 Å². The summed E-state index contributed by atoms with van der Waals surface area (Å²) < 4.78 is 9.87. The number of ether oxygens (including phenoxy) is 1. The van der Waals surface area contributed by atoms with Crippen molar-refractivity contribution < 1.29 is 19.2 Å². The average Bonchev–Trinajstić information content (AvgIpc) is 2.84. The second-order valence-corrected chi connectivity index (χ2v) is 5.01. The van der Waals surface area contributed by atoms with Crippen LogP contribution < -0.4 is 0 Å². The molecule has 0 amide bonds. The van der Waals surface area contributed by atoms with Crippen molar-refractivity contribution in [3.8, 4) is 11.4 Å². The Labute approximate surface area is 116 Å². The first-order chi connectivity index (χ1) is 9.36. The minimum Gasteiger partial charge on any atom is -0.453 e. The predicted octanol–water partition coefficient (Wildman–Crippen LogP) is 1.86. The van der Waals surface area contributed by atoms with Gasteiger partial charge in [-0.15, -0.1) is 0 Å². The second-order valence-electron chi connectivity index (χ2n) is 5.01. The molecule has 0 unspecified atom stereocenters. The molecule has 0 radical (unpaired) electrons. The van der Waals surface area contributed by atoms with Crippen molar-refractivity contribution in [2.45, 2.75) is 33.0 Å². The van der Waals surface area contributed by atoms with E-state index in [-0.39, 0.29) is 12.5 Å². The first-order valence-electron chi connectivity index (χ1n) is 6.15. The fraction of sp³-hybridized carbons (Fsp3) is 0.357. The summed E-state index contributed by atoms with van der Waals surface area (Å²) in [6.45, 7) is 4.52. The molecular weight excluding hydrogens is 260 g/mol. The summed E-state index contributed by atoms with van der Waals surface area (Å²) >= 11 is 0. The van der Waals surface area contributed by atoms with E-state index in [4.69, 9.17) is 9.26 Å². The number of carbonyl (C=O) groups is 1. The zero-order chi connectivity index (χ0) is 14.8. The van der Waals surface area contributed by atoms with Crippen LogP contribution in [0.15, 0.2) is 28.8 Å². The topological polar surface area (TPSA) is 85.5 Å². The summed E-state index contributed by atoms with van der Waals surface area (Å²) in [7, 11) is 0. The first-order valence-corrected chi connectivity index (χ1v) is 6.15. The molecule has 0 saturated heterocycles. The number of rotatable bonds is 4. The van der Waals surface area contributed by atoms with Crippen molar-refractivity contribution in [2.75, 3.05) is 0 Å². The maximum absolute atomic E-state index is 11.4. The van der Waals surface area contributed by atoms with E-state index in [1.807, 2.05) is 31.2 Å². The smallest absolute Gasteiger partial charge is 0.338 e. The normalized spacial score (nSPS) is 11.4. The zero-order valence-electron chi connectivity index (χ0n) is 11.6. The standard InChI is InChI=1S/C14H16N2O4/c1-9-4-6-10(7-5-9)12-15-11(20-16-12)8-19-13(17)14(2,3)18/h4-7,18H,8H2,1-3H3. The Morgan fingerprint density at radius 1 is 1.35 bits per heavy atom. The summed E-state index contributed by atoms with van der Waals surface area (Å²) in [4.78, 5) is 15.5. The monoisotopic (exact) mass is 276 g/mol. The quantitative estimate of drug-likeness (QED) is 0.858. The van der Waals surface area contributed by atoms with Gasteiger partial charge in [0.05, 0.1) is 0 Å². The number of aryl methyl sites for hydroxylation is 1. The number of hydrogen-bond acceptors (Lipinski definition) is 6. The van der Waals surface area contributed by atoms with Crippen molar-refractivity contribution in [3.63, 3.8) is 0 Å². The van der Waals surface area contributed by atoms with Crippen molar-refractivity contribution >= 4 is 5.97 Å². The van der Waals surface area contributed by atoms with E-state index in [0.717, 1.165) is 11.1 Å².